The summed E-state index contributed by atoms with van der Waals surface area (Å²) in [7, 11) is 0. The fourth-order valence-corrected chi connectivity index (χ4v) is 3.71. The Balaban J connectivity index is 1.66. The highest BCUT2D eigenvalue weighted by molar-refractivity contribution is 5.04. The van der Waals surface area contributed by atoms with Gasteiger partial charge in [-0.05, 0) is 51.4 Å². The van der Waals surface area contributed by atoms with Crippen molar-refractivity contribution in [3.8, 4) is 0 Å². The molecular weight excluding hydrogens is 174 g/mol. The largest absolute Gasteiger partial charge is 0.377 e. The minimum Gasteiger partial charge on any atom is -0.377 e. The van der Waals surface area contributed by atoms with Crippen molar-refractivity contribution in [3.63, 3.8) is 0 Å². The molecule has 0 aromatic rings. The Bertz CT molecular complexity index is 220. The third-order valence-corrected chi connectivity index (χ3v) is 4.61. The molecule has 2 nitrogen and oxygen atoms in total. The van der Waals surface area contributed by atoms with Crippen molar-refractivity contribution in [2.75, 3.05) is 6.61 Å². The molecule has 1 heterocycles. The molecule has 0 radical (unpaired) electrons. The topological polar surface area (TPSA) is 21.3 Å². The summed E-state index contributed by atoms with van der Waals surface area (Å²) in [5.74, 6) is 1.04. The van der Waals surface area contributed by atoms with Gasteiger partial charge in [0.2, 0.25) is 0 Å². The van der Waals surface area contributed by atoms with Gasteiger partial charge in [0.15, 0.2) is 0 Å². The standard InChI is InChI=1S/C12H21NO/c1-9-11(4-7-14-9)13-12-5-2-10(8-12)3-6-12/h9-11,13H,2-8H2,1H3. The van der Waals surface area contributed by atoms with Gasteiger partial charge in [-0.2, -0.15) is 0 Å². The molecule has 2 bridgehead atoms. The maximum atomic E-state index is 5.62. The SMILES string of the molecule is CC1OCCC1NC12CCC(CC1)C2. The van der Waals surface area contributed by atoms with E-state index in [1.165, 1.54) is 38.5 Å². The second-order valence-electron chi connectivity index (χ2n) is 5.54. The van der Waals surface area contributed by atoms with E-state index in [0.717, 1.165) is 12.5 Å². The van der Waals surface area contributed by atoms with E-state index >= 15 is 0 Å². The number of nitrogens with one attached hydrogen (secondary N) is 1. The van der Waals surface area contributed by atoms with Crippen molar-refractivity contribution < 1.29 is 4.74 Å². The smallest absolute Gasteiger partial charge is 0.0700 e. The normalized spacial score (nSPS) is 51.6. The summed E-state index contributed by atoms with van der Waals surface area (Å²) in [6, 6.07) is 0.631. The summed E-state index contributed by atoms with van der Waals surface area (Å²) in [6.07, 6.45) is 8.86. The summed E-state index contributed by atoms with van der Waals surface area (Å²) < 4.78 is 5.62. The number of rotatable bonds is 2. The molecule has 0 amide bonds. The zero-order chi connectivity index (χ0) is 9.60. The molecule has 2 aliphatic carbocycles. The maximum Gasteiger partial charge on any atom is 0.0700 e. The molecule has 2 atom stereocenters. The summed E-state index contributed by atoms with van der Waals surface area (Å²) in [5.41, 5.74) is 0.525. The van der Waals surface area contributed by atoms with E-state index in [9.17, 15) is 0 Å². The van der Waals surface area contributed by atoms with Gasteiger partial charge in [-0.25, -0.2) is 0 Å². The zero-order valence-electron chi connectivity index (χ0n) is 9.09. The average Bonchev–Trinajstić information content (AvgIpc) is 2.84. The van der Waals surface area contributed by atoms with Crippen LogP contribution in [0.4, 0.5) is 0 Å². The number of ether oxygens (including phenoxy) is 1. The summed E-state index contributed by atoms with van der Waals surface area (Å²) >= 11 is 0. The molecule has 2 unspecified atom stereocenters. The monoisotopic (exact) mass is 195 g/mol. The molecule has 3 aliphatic rings. The Hall–Kier alpha value is -0.0800. The highest BCUT2D eigenvalue weighted by atomic mass is 16.5. The second-order valence-corrected chi connectivity index (χ2v) is 5.54. The van der Waals surface area contributed by atoms with E-state index < -0.39 is 0 Å². The van der Waals surface area contributed by atoms with Gasteiger partial charge in [-0.15, -0.1) is 0 Å². The van der Waals surface area contributed by atoms with Crippen LogP contribution in [0.15, 0.2) is 0 Å². The molecule has 0 aromatic heterocycles. The highest BCUT2D eigenvalue weighted by Gasteiger charge is 2.46. The average molecular weight is 195 g/mol. The summed E-state index contributed by atoms with van der Waals surface area (Å²) in [4.78, 5) is 0. The molecule has 3 rings (SSSR count). The van der Waals surface area contributed by atoms with E-state index in [4.69, 9.17) is 4.74 Å². The lowest BCUT2D eigenvalue weighted by atomic mass is 9.92. The molecule has 1 saturated heterocycles. The summed E-state index contributed by atoms with van der Waals surface area (Å²) in [5, 5.41) is 3.91. The van der Waals surface area contributed by atoms with Crippen LogP contribution in [0.2, 0.25) is 0 Å². The Kier molecular flexibility index (Phi) is 2.10. The lowest BCUT2D eigenvalue weighted by Crippen LogP contribution is -2.49. The van der Waals surface area contributed by atoms with Gasteiger partial charge >= 0.3 is 0 Å². The van der Waals surface area contributed by atoms with Crippen molar-refractivity contribution in [2.45, 2.75) is 63.1 Å². The van der Waals surface area contributed by atoms with Crippen LogP contribution in [0.25, 0.3) is 0 Å². The predicted octanol–water partition coefficient (Wildman–Crippen LogP) is 2.09. The van der Waals surface area contributed by atoms with Gasteiger partial charge in [-0.3, -0.25) is 0 Å². The first-order valence-electron chi connectivity index (χ1n) is 6.17. The van der Waals surface area contributed by atoms with Crippen LogP contribution in [0, 0.1) is 5.92 Å². The van der Waals surface area contributed by atoms with Gasteiger partial charge < -0.3 is 10.1 Å². The number of fused-ring (bicyclic) bond motifs is 2. The van der Waals surface area contributed by atoms with Crippen LogP contribution in [0.3, 0.4) is 0 Å². The highest BCUT2D eigenvalue weighted by Crippen LogP contribution is 2.48. The van der Waals surface area contributed by atoms with Crippen LogP contribution >= 0.6 is 0 Å². The molecule has 0 spiro atoms. The first-order chi connectivity index (χ1) is 6.77. The van der Waals surface area contributed by atoms with Crippen molar-refractivity contribution in [1.29, 1.82) is 0 Å². The van der Waals surface area contributed by atoms with Crippen LogP contribution in [0.5, 0.6) is 0 Å². The summed E-state index contributed by atoms with van der Waals surface area (Å²) in [6.45, 7) is 3.17. The fourth-order valence-electron chi connectivity index (χ4n) is 3.71. The molecule has 1 aliphatic heterocycles. The Labute approximate surface area is 86.4 Å². The maximum absolute atomic E-state index is 5.62. The van der Waals surface area contributed by atoms with Crippen molar-refractivity contribution >= 4 is 0 Å². The lowest BCUT2D eigenvalue weighted by Gasteiger charge is -2.32. The first kappa shape index (κ1) is 9.17. The van der Waals surface area contributed by atoms with Gasteiger partial charge in [0, 0.05) is 18.2 Å². The van der Waals surface area contributed by atoms with E-state index in [2.05, 4.69) is 12.2 Å². The molecule has 1 N–H and O–H groups in total. The van der Waals surface area contributed by atoms with Gasteiger partial charge in [0.05, 0.1) is 6.10 Å². The fraction of sp³-hybridized carbons (Fsp3) is 1.00. The lowest BCUT2D eigenvalue weighted by molar-refractivity contribution is 0.104. The molecule has 14 heavy (non-hydrogen) atoms. The number of hydrogen-bond acceptors (Lipinski definition) is 2. The van der Waals surface area contributed by atoms with Crippen molar-refractivity contribution in [3.05, 3.63) is 0 Å². The molecule has 2 heteroatoms. The van der Waals surface area contributed by atoms with E-state index in [-0.39, 0.29) is 0 Å². The van der Waals surface area contributed by atoms with Gasteiger partial charge in [0.25, 0.3) is 0 Å². The molecular formula is C12H21NO. The first-order valence-corrected chi connectivity index (χ1v) is 6.17. The zero-order valence-corrected chi connectivity index (χ0v) is 9.09. The Morgan fingerprint density at radius 2 is 2.00 bits per heavy atom. The predicted molar refractivity (Wildman–Crippen MR) is 56.3 cm³/mol. The Morgan fingerprint density at radius 1 is 1.21 bits per heavy atom. The van der Waals surface area contributed by atoms with Crippen LogP contribution in [-0.2, 0) is 4.74 Å². The molecule has 0 aromatic carbocycles. The Morgan fingerprint density at radius 3 is 2.50 bits per heavy atom. The van der Waals surface area contributed by atoms with Crippen LogP contribution in [0.1, 0.15) is 45.4 Å². The van der Waals surface area contributed by atoms with Crippen LogP contribution < -0.4 is 5.32 Å². The number of hydrogen-bond donors (Lipinski definition) is 1. The van der Waals surface area contributed by atoms with E-state index in [0.29, 0.717) is 17.7 Å². The molecule has 80 valence electrons. The van der Waals surface area contributed by atoms with Crippen molar-refractivity contribution in [2.24, 2.45) is 5.92 Å². The molecule has 2 saturated carbocycles. The molecule has 3 fully saturated rings. The minimum absolute atomic E-state index is 0.434. The second kappa shape index (κ2) is 3.21. The third kappa shape index (κ3) is 1.40. The van der Waals surface area contributed by atoms with Crippen LogP contribution in [-0.4, -0.2) is 24.3 Å². The van der Waals surface area contributed by atoms with Crippen molar-refractivity contribution in [1.82, 2.24) is 5.32 Å². The minimum atomic E-state index is 0.434. The van der Waals surface area contributed by atoms with E-state index in [1.54, 1.807) is 0 Å². The van der Waals surface area contributed by atoms with Gasteiger partial charge in [-0.1, -0.05) is 0 Å². The van der Waals surface area contributed by atoms with Gasteiger partial charge in [0.1, 0.15) is 0 Å². The van der Waals surface area contributed by atoms with E-state index in [1.807, 2.05) is 0 Å². The quantitative estimate of drug-likeness (QED) is 0.728. The third-order valence-electron chi connectivity index (χ3n) is 4.61.